The summed E-state index contributed by atoms with van der Waals surface area (Å²) < 4.78 is 49.3. The second-order valence-electron chi connectivity index (χ2n) is 6.99. The lowest BCUT2D eigenvalue weighted by molar-refractivity contribution is -0.186. The number of thioether (sulfide) groups is 1. The standard InChI is InChI=1S/C21H20F2N2O7S/c1-10(26)29-16-9-33-21(20(31-12(3)28)19(16)30-11(2)27)32-14-6-15(22)18(25-8-14)13-4-5-17(23)24-7-13/h4-8,16,19-21H,9H2,1-3H3/t16-,19+,20-,21+/m1/s1. The van der Waals surface area contributed by atoms with E-state index in [0.717, 1.165) is 43.9 Å². The van der Waals surface area contributed by atoms with E-state index in [2.05, 4.69) is 9.97 Å². The van der Waals surface area contributed by atoms with Crippen LogP contribution in [0.3, 0.4) is 0 Å². The third-order valence-corrected chi connectivity index (χ3v) is 5.59. The molecule has 1 aliphatic rings. The van der Waals surface area contributed by atoms with E-state index in [-0.39, 0.29) is 22.8 Å². The molecule has 0 spiro atoms. The molecule has 4 atom stereocenters. The predicted octanol–water partition coefficient (Wildman–Crippen LogP) is 2.67. The van der Waals surface area contributed by atoms with Crippen molar-refractivity contribution >= 4 is 29.7 Å². The first-order chi connectivity index (χ1) is 15.6. The topological polar surface area (TPSA) is 114 Å². The lowest BCUT2D eigenvalue weighted by Crippen LogP contribution is -2.55. The van der Waals surface area contributed by atoms with E-state index in [1.807, 2.05) is 0 Å². The molecule has 1 fully saturated rings. The molecule has 0 saturated carbocycles. The maximum atomic E-state index is 14.7. The first-order valence-corrected chi connectivity index (χ1v) is 10.8. The molecule has 0 aliphatic carbocycles. The highest BCUT2D eigenvalue weighted by Gasteiger charge is 2.47. The van der Waals surface area contributed by atoms with E-state index in [4.69, 9.17) is 18.9 Å². The molecule has 3 heterocycles. The Labute approximate surface area is 191 Å². The van der Waals surface area contributed by atoms with Gasteiger partial charge in [-0.15, -0.1) is 11.8 Å². The number of nitrogens with zero attached hydrogens (tertiary/aromatic N) is 2. The maximum Gasteiger partial charge on any atom is 0.303 e. The lowest BCUT2D eigenvalue weighted by Gasteiger charge is -2.39. The third-order valence-electron chi connectivity index (χ3n) is 4.37. The number of rotatable bonds is 6. The summed E-state index contributed by atoms with van der Waals surface area (Å²) in [6.45, 7) is 3.52. The zero-order valence-electron chi connectivity index (χ0n) is 17.8. The van der Waals surface area contributed by atoms with Crippen LogP contribution in [0.5, 0.6) is 5.75 Å². The van der Waals surface area contributed by atoms with Gasteiger partial charge in [0.2, 0.25) is 5.95 Å². The van der Waals surface area contributed by atoms with Crippen LogP contribution in [0.15, 0.2) is 30.6 Å². The number of ether oxygens (including phenoxy) is 4. The Morgan fingerprint density at radius 1 is 0.939 bits per heavy atom. The van der Waals surface area contributed by atoms with Gasteiger partial charge in [-0.25, -0.2) is 14.4 Å². The van der Waals surface area contributed by atoms with Crippen LogP contribution in [0.1, 0.15) is 20.8 Å². The molecule has 3 rings (SSSR count). The zero-order valence-corrected chi connectivity index (χ0v) is 18.6. The number of carbonyl (C=O) groups is 3. The number of aromatic nitrogens is 2. The molecule has 176 valence electrons. The highest BCUT2D eigenvalue weighted by atomic mass is 32.2. The molecule has 0 bridgehead atoms. The number of hydrogen-bond donors (Lipinski definition) is 0. The van der Waals surface area contributed by atoms with Crippen molar-refractivity contribution in [3.63, 3.8) is 0 Å². The van der Waals surface area contributed by atoms with Crippen molar-refractivity contribution in [2.75, 3.05) is 5.75 Å². The summed E-state index contributed by atoms with van der Waals surface area (Å²) >= 11 is 1.13. The normalized spacial score (nSPS) is 22.2. The van der Waals surface area contributed by atoms with E-state index in [0.29, 0.717) is 0 Å². The molecule has 9 nitrogen and oxygen atoms in total. The van der Waals surface area contributed by atoms with Crippen LogP contribution in [-0.2, 0) is 28.6 Å². The van der Waals surface area contributed by atoms with Crippen molar-refractivity contribution in [2.45, 2.75) is 44.5 Å². The van der Waals surface area contributed by atoms with Crippen molar-refractivity contribution in [2.24, 2.45) is 0 Å². The van der Waals surface area contributed by atoms with Crippen molar-refractivity contribution in [3.8, 4) is 17.0 Å². The first kappa shape index (κ1) is 24.4. The van der Waals surface area contributed by atoms with Gasteiger partial charge in [0.15, 0.2) is 29.6 Å². The summed E-state index contributed by atoms with van der Waals surface area (Å²) in [4.78, 5) is 42.3. The van der Waals surface area contributed by atoms with Crippen LogP contribution in [0.2, 0.25) is 0 Å². The fourth-order valence-corrected chi connectivity index (χ4v) is 4.37. The molecule has 0 aromatic carbocycles. The molecular formula is C21H20F2N2O7S. The summed E-state index contributed by atoms with van der Waals surface area (Å²) in [6, 6.07) is 3.48. The molecule has 2 aromatic rings. The highest BCUT2D eigenvalue weighted by Crippen LogP contribution is 2.35. The van der Waals surface area contributed by atoms with Gasteiger partial charge in [0, 0.05) is 44.4 Å². The molecule has 0 amide bonds. The molecule has 33 heavy (non-hydrogen) atoms. The minimum absolute atomic E-state index is 0.00786. The average molecular weight is 482 g/mol. The van der Waals surface area contributed by atoms with Crippen molar-refractivity contribution < 1.29 is 42.1 Å². The van der Waals surface area contributed by atoms with Gasteiger partial charge in [-0.2, -0.15) is 4.39 Å². The first-order valence-electron chi connectivity index (χ1n) is 9.71. The molecule has 12 heteroatoms. The quantitative estimate of drug-likeness (QED) is 0.346. The van der Waals surface area contributed by atoms with E-state index < -0.39 is 53.4 Å². The minimum Gasteiger partial charge on any atom is -0.474 e. The fraction of sp³-hybridized carbons (Fsp3) is 0.381. The fourth-order valence-electron chi connectivity index (χ4n) is 3.16. The summed E-state index contributed by atoms with van der Waals surface area (Å²) in [7, 11) is 0. The van der Waals surface area contributed by atoms with Gasteiger partial charge in [-0.1, -0.05) is 0 Å². The average Bonchev–Trinajstić information content (AvgIpc) is 2.72. The van der Waals surface area contributed by atoms with Crippen molar-refractivity contribution in [1.29, 1.82) is 0 Å². The molecular weight excluding hydrogens is 462 g/mol. The van der Waals surface area contributed by atoms with Crippen LogP contribution in [0.25, 0.3) is 11.3 Å². The van der Waals surface area contributed by atoms with E-state index >= 15 is 0 Å². The Morgan fingerprint density at radius 2 is 1.61 bits per heavy atom. The molecule has 0 unspecified atom stereocenters. The molecule has 0 radical (unpaired) electrons. The Bertz CT molecular complexity index is 1040. The largest absolute Gasteiger partial charge is 0.474 e. The summed E-state index contributed by atoms with van der Waals surface area (Å²) in [6.07, 6.45) is -0.786. The van der Waals surface area contributed by atoms with E-state index in [1.165, 1.54) is 19.2 Å². The van der Waals surface area contributed by atoms with Gasteiger partial charge < -0.3 is 18.9 Å². The van der Waals surface area contributed by atoms with Gasteiger partial charge in [0.1, 0.15) is 11.4 Å². The van der Waals surface area contributed by atoms with Gasteiger partial charge in [0.05, 0.1) is 6.20 Å². The third kappa shape index (κ3) is 6.37. The molecule has 1 aliphatic heterocycles. The van der Waals surface area contributed by atoms with Crippen LogP contribution < -0.4 is 4.74 Å². The minimum atomic E-state index is -1.15. The second kappa shape index (κ2) is 10.6. The molecule has 0 N–H and O–H groups in total. The predicted molar refractivity (Wildman–Crippen MR) is 111 cm³/mol. The van der Waals surface area contributed by atoms with E-state index in [1.54, 1.807) is 0 Å². The number of pyridine rings is 2. The number of carbonyl (C=O) groups excluding carboxylic acids is 3. The molecule has 1 saturated heterocycles. The Hall–Kier alpha value is -3.28. The summed E-state index contributed by atoms with van der Waals surface area (Å²) in [5, 5.41) is 0. The van der Waals surface area contributed by atoms with Crippen molar-refractivity contribution in [3.05, 3.63) is 42.4 Å². The Balaban J connectivity index is 1.85. The van der Waals surface area contributed by atoms with Gasteiger partial charge >= 0.3 is 17.9 Å². The van der Waals surface area contributed by atoms with Crippen LogP contribution >= 0.6 is 11.8 Å². The van der Waals surface area contributed by atoms with Crippen molar-refractivity contribution in [1.82, 2.24) is 9.97 Å². The second-order valence-corrected chi connectivity index (χ2v) is 8.12. The Morgan fingerprint density at radius 3 is 2.18 bits per heavy atom. The van der Waals surface area contributed by atoms with Gasteiger partial charge in [-0.05, 0) is 12.1 Å². The number of halogens is 2. The maximum absolute atomic E-state index is 14.7. The Kier molecular flexibility index (Phi) is 7.79. The number of hydrogen-bond acceptors (Lipinski definition) is 10. The zero-order chi connectivity index (χ0) is 24.1. The van der Waals surface area contributed by atoms with Crippen LogP contribution in [0.4, 0.5) is 8.78 Å². The van der Waals surface area contributed by atoms with Crippen LogP contribution in [-0.4, -0.2) is 57.4 Å². The van der Waals surface area contributed by atoms with Gasteiger partial charge in [0.25, 0.3) is 0 Å². The summed E-state index contributed by atoms with van der Waals surface area (Å²) in [5.41, 5.74) is -0.718. The number of esters is 3. The van der Waals surface area contributed by atoms with E-state index in [9.17, 15) is 23.2 Å². The van der Waals surface area contributed by atoms with Gasteiger partial charge in [-0.3, -0.25) is 14.4 Å². The SMILES string of the molecule is CC(=O)O[C@@H]1[C@@H](OC(C)=O)[C@@H](Oc2cnc(-c3ccc(F)nc3)c(F)c2)SC[C@H]1OC(C)=O. The van der Waals surface area contributed by atoms with Crippen LogP contribution in [0, 0.1) is 11.8 Å². The highest BCUT2D eigenvalue weighted by molar-refractivity contribution is 7.99. The smallest absolute Gasteiger partial charge is 0.303 e. The monoisotopic (exact) mass is 482 g/mol. The lowest BCUT2D eigenvalue weighted by atomic mass is 10.1. The molecule has 2 aromatic heterocycles. The summed E-state index contributed by atoms with van der Waals surface area (Å²) in [5.74, 6) is -3.25.